The number of rotatable bonds is 5. The van der Waals surface area contributed by atoms with Gasteiger partial charge in [-0.25, -0.2) is 0 Å². The molecule has 1 nitrogen and oxygen atoms in total. The van der Waals surface area contributed by atoms with Gasteiger partial charge < -0.3 is 5.32 Å². The lowest BCUT2D eigenvalue weighted by molar-refractivity contribution is 0.340. The van der Waals surface area contributed by atoms with Crippen LogP contribution < -0.4 is 5.32 Å². The summed E-state index contributed by atoms with van der Waals surface area (Å²) in [6.07, 6.45) is 8.89. The molecule has 106 valence electrons. The van der Waals surface area contributed by atoms with Crippen LogP contribution in [0.4, 0.5) is 0 Å². The first-order valence-corrected chi connectivity index (χ1v) is 8.87. The van der Waals surface area contributed by atoms with E-state index < -0.39 is 0 Å². The van der Waals surface area contributed by atoms with E-state index in [2.05, 4.69) is 49.7 Å². The Morgan fingerprint density at radius 2 is 2.00 bits per heavy atom. The number of hydrogen-bond donors (Lipinski definition) is 1. The number of thioether (sulfide) groups is 1. The Labute approximate surface area is 122 Å². The van der Waals surface area contributed by atoms with E-state index >= 15 is 0 Å². The predicted octanol–water partition coefficient (Wildman–Crippen LogP) is 4.71. The first-order valence-electron chi connectivity index (χ1n) is 7.58. The van der Waals surface area contributed by atoms with Gasteiger partial charge in [-0.1, -0.05) is 43.2 Å². The molecule has 0 aromatic heterocycles. The zero-order valence-corrected chi connectivity index (χ0v) is 13.3. The maximum atomic E-state index is 3.89. The van der Waals surface area contributed by atoms with Crippen LogP contribution in [0.5, 0.6) is 0 Å². The van der Waals surface area contributed by atoms with Gasteiger partial charge in [0.25, 0.3) is 0 Å². The second-order valence-electron chi connectivity index (χ2n) is 5.76. The molecule has 2 heteroatoms. The van der Waals surface area contributed by atoms with Crippen molar-refractivity contribution < 1.29 is 0 Å². The molecule has 1 aliphatic carbocycles. The molecule has 19 heavy (non-hydrogen) atoms. The van der Waals surface area contributed by atoms with Crippen LogP contribution in [0, 0.1) is 6.92 Å². The van der Waals surface area contributed by atoms with Crippen molar-refractivity contribution in [1.82, 2.24) is 5.32 Å². The molecule has 1 saturated carbocycles. The summed E-state index contributed by atoms with van der Waals surface area (Å²) in [6, 6.07) is 10.2. The van der Waals surface area contributed by atoms with Crippen LogP contribution in [-0.2, 0) is 0 Å². The van der Waals surface area contributed by atoms with Crippen LogP contribution in [0.3, 0.4) is 0 Å². The fourth-order valence-corrected chi connectivity index (χ4v) is 3.87. The van der Waals surface area contributed by atoms with Crippen LogP contribution in [0.25, 0.3) is 0 Å². The van der Waals surface area contributed by atoms with Gasteiger partial charge in [-0.3, -0.25) is 0 Å². The molecule has 2 rings (SSSR count). The summed E-state index contributed by atoms with van der Waals surface area (Å²) in [5, 5.41) is 4.76. The molecule has 0 heterocycles. The summed E-state index contributed by atoms with van der Waals surface area (Å²) in [5.74, 6) is 0. The first-order chi connectivity index (χ1) is 9.22. The third kappa shape index (κ3) is 4.25. The summed E-state index contributed by atoms with van der Waals surface area (Å²) in [6.45, 7) is 4.44. The Kier molecular flexibility index (Phi) is 5.77. The topological polar surface area (TPSA) is 12.0 Å². The minimum absolute atomic E-state index is 0.520. The Morgan fingerprint density at radius 3 is 2.63 bits per heavy atom. The zero-order valence-electron chi connectivity index (χ0n) is 12.5. The lowest BCUT2D eigenvalue weighted by Crippen LogP contribution is -2.37. The second-order valence-corrected chi connectivity index (χ2v) is 6.90. The number of nitrogens with one attached hydrogen (secondary N) is 1. The van der Waals surface area contributed by atoms with Gasteiger partial charge in [0.15, 0.2) is 0 Å². The van der Waals surface area contributed by atoms with E-state index in [1.54, 1.807) is 0 Å². The molecule has 0 aliphatic heterocycles. The average molecular weight is 277 g/mol. The highest BCUT2D eigenvalue weighted by molar-refractivity contribution is 7.99. The molecule has 0 radical (unpaired) electrons. The molecule has 3 atom stereocenters. The minimum Gasteiger partial charge on any atom is -0.307 e. The van der Waals surface area contributed by atoms with Crippen molar-refractivity contribution in [3.8, 4) is 0 Å². The lowest BCUT2D eigenvalue weighted by Gasteiger charge is -2.32. The highest BCUT2D eigenvalue weighted by Gasteiger charge is 2.23. The van der Waals surface area contributed by atoms with E-state index in [1.807, 2.05) is 11.8 Å². The Bertz CT molecular complexity index is 373. The molecular formula is C17H27NS. The molecule has 3 unspecified atom stereocenters. The van der Waals surface area contributed by atoms with Gasteiger partial charge in [0.2, 0.25) is 0 Å². The number of benzene rings is 1. The largest absolute Gasteiger partial charge is 0.307 e. The molecule has 1 fully saturated rings. The summed E-state index contributed by atoms with van der Waals surface area (Å²) in [7, 11) is 0. The normalized spacial score (nSPS) is 25.2. The van der Waals surface area contributed by atoms with Crippen LogP contribution in [-0.4, -0.2) is 17.5 Å². The lowest BCUT2D eigenvalue weighted by atomic mass is 9.93. The fraction of sp³-hybridized carbons (Fsp3) is 0.647. The first kappa shape index (κ1) is 14.9. The van der Waals surface area contributed by atoms with Crippen LogP contribution in [0.15, 0.2) is 24.3 Å². The molecule has 0 spiro atoms. The minimum atomic E-state index is 0.520. The maximum Gasteiger partial charge on any atom is 0.0320 e. The Hall–Kier alpha value is -0.470. The van der Waals surface area contributed by atoms with Crippen molar-refractivity contribution in [2.45, 2.75) is 63.3 Å². The SMILES string of the molecule is CCC(NC1CCCC(SC)C1)c1ccc(C)cc1. The summed E-state index contributed by atoms with van der Waals surface area (Å²) < 4.78 is 0. The van der Waals surface area contributed by atoms with Gasteiger partial charge >= 0.3 is 0 Å². The number of hydrogen-bond acceptors (Lipinski definition) is 2. The highest BCUT2D eigenvalue weighted by Crippen LogP contribution is 2.29. The van der Waals surface area contributed by atoms with E-state index in [9.17, 15) is 0 Å². The molecule has 0 saturated heterocycles. The molecule has 1 aliphatic rings. The van der Waals surface area contributed by atoms with Gasteiger partial charge in [-0.15, -0.1) is 0 Å². The van der Waals surface area contributed by atoms with Gasteiger partial charge in [-0.05, 0) is 44.4 Å². The van der Waals surface area contributed by atoms with Crippen LogP contribution >= 0.6 is 11.8 Å². The molecule has 0 amide bonds. The third-order valence-electron chi connectivity index (χ3n) is 4.28. The summed E-state index contributed by atoms with van der Waals surface area (Å²) in [5.41, 5.74) is 2.79. The van der Waals surface area contributed by atoms with Crippen molar-refractivity contribution in [2.75, 3.05) is 6.26 Å². The van der Waals surface area contributed by atoms with Gasteiger partial charge in [-0.2, -0.15) is 11.8 Å². The van der Waals surface area contributed by atoms with E-state index in [-0.39, 0.29) is 0 Å². The maximum absolute atomic E-state index is 3.89. The standard InChI is InChI=1S/C17H27NS/c1-4-17(14-10-8-13(2)9-11-14)18-15-6-5-7-16(12-15)19-3/h8-11,15-18H,4-7,12H2,1-3H3. The van der Waals surface area contributed by atoms with Crippen molar-refractivity contribution in [1.29, 1.82) is 0 Å². The van der Waals surface area contributed by atoms with Gasteiger partial charge in [0.1, 0.15) is 0 Å². The van der Waals surface area contributed by atoms with Crippen molar-refractivity contribution >= 4 is 11.8 Å². The van der Waals surface area contributed by atoms with E-state index in [1.165, 1.54) is 43.2 Å². The summed E-state index contributed by atoms with van der Waals surface area (Å²) in [4.78, 5) is 0. The van der Waals surface area contributed by atoms with E-state index in [0.29, 0.717) is 12.1 Å². The van der Waals surface area contributed by atoms with Crippen LogP contribution in [0.2, 0.25) is 0 Å². The monoisotopic (exact) mass is 277 g/mol. The molecule has 1 aromatic rings. The number of aryl methyl sites for hydroxylation is 1. The quantitative estimate of drug-likeness (QED) is 0.836. The third-order valence-corrected chi connectivity index (χ3v) is 5.38. The average Bonchev–Trinajstić information content (AvgIpc) is 2.46. The summed E-state index contributed by atoms with van der Waals surface area (Å²) >= 11 is 2.04. The van der Waals surface area contributed by atoms with Gasteiger partial charge in [0, 0.05) is 17.3 Å². The predicted molar refractivity (Wildman–Crippen MR) is 86.9 cm³/mol. The molecule has 1 aromatic carbocycles. The van der Waals surface area contributed by atoms with E-state index in [0.717, 1.165) is 5.25 Å². The van der Waals surface area contributed by atoms with Gasteiger partial charge in [0.05, 0.1) is 0 Å². The molecule has 1 N–H and O–H groups in total. The van der Waals surface area contributed by atoms with Crippen molar-refractivity contribution in [3.63, 3.8) is 0 Å². The van der Waals surface area contributed by atoms with Crippen LogP contribution in [0.1, 0.15) is 56.2 Å². The Morgan fingerprint density at radius 1 is 1.26 bits per heavy atom. The smallest absolute Gasteiger partial charge is 0.0320 e. The van der Waals surface area contributed by atoms with Crippen molar-refractivity contribution in [3.05, 3.63) is 35.4 Å². The van der Waals surface area contributed by atoms with E-state index in [4.69, 9.17) is 0 Å². The molecule has 0 bridgehead atoms. The zero-order chi connectivity index (χ0) is 13.7. The second kappa shape index (κ2) is 7.35. The fourth-order valence-electron chi connectivity index (χ4n) is 3.04. The Balaban J connectivity index is 1.96. The molecular weight excluding hydrogens is 250 g/mol. The van der Waals surface area contributed by atoms with Crippen molar-refractivity contribution in [2.24, 2.45) is 0 Å². The highest BCUT2D eigenvalue weighted by atomic mass is 32.2.